The highest BCUT2D eigenvalue weighted by atomic mass is 19.1. The lowest BCUT2D eigenvalue weighted by Gasteiger charge is -2.09. The van der Waals surface area contributed by atoms with E-state index in [0.717, 1.165) is 11.1 Å². The van der Waals surface area contributed by atoms with E-state index in [1.54, 1.807) is 36.5 Å². The number of nitrogens with two attached hydrogens (primary N) is 1. The Morgan fingerprint density at radius 3 is 2.53 bits per heavy atom. The zero-order chi connectivity index (χ0) is 12.3. The van der Waals surface area contributed by atoms with Gasteiger partial charge in [0.15, 0.2) is 0 Å². The highest BCUT2D eigenvalue weighted by Crippen LogP contribution is 2.23. The first kappa shape index (κ1) is 11.7. The van der Waals surface area contributed by atoms with Crippen LogP contribution in [0.3, 0.4) is 0 Å². The summed E-state index contributed by atoms with van der Waals surface area (Å²) < 4.78 is 13.5. The van der Waals surface area contributed by atoms with E-state index in [1.165, 1.54) is 6.20 Å². The highest BCUT2D eigenvalue weighted by molar-refractivity contribution is 5.63. The molecule has 88 valence electrons. The number of aliphatic hydroxyl groups excluding tert-OH is 1. The second-order valence-corrected chi connectivity index (χ2v) is 3.77. The molecule has 0 aliphatic rings. The predicted octanol–water partition coefficient (Wildman–Crippen LogP) is 1.88. The van der Waals surface area contributed by atoms with Gasteiger partial charge in [0.1, 0.15) is 5.82 Å². The van der Waals surface area contributed by atoms with E-state index >= 15 is 0 Å². The predicted molar refractivity (Wildman–Crippen MR) is 63.6 cm³/mol. The van der Waals surface area contributed by atoms with E-state index in [0.29, 0.717) is 5.56 Å². The van der Waals surface area contributed by atoms with Crippen molar-refractivity contribution < 1.29 is 9.50 Å². The fraction of sp³-hybridized carbons (Fsp3) is 0.154. The Bertz CT molecular complexity index is 499. The molecule has 1 aromatic carbocycles. The Labute approximate surface area is 98.7 Å². The minimum atomic E-state index is -0.397. The van der Waals surface area contributed by atoms with Crippen LogP contribution < -0.4 is 5.73 Å². The minimum Gasteiger partial charge on any atom is -0.394 e. The lowest BCUT2D eigenvalue weighted by molar-refractivity contribution is 0.268. The van der Waals surface area contributed by atoms with Gasteiger partial charge in [-0.25, -0.2) is 4.39 Å². The van der Waals surface area contributed by atoms with Crippen molar-refractivity contribution in [3.63, 3.8) is 0 Å². The number of benzene rings is 1. The summed E-state index contributed by atoms with van der Waals surface area (Å²) in [6, 6.07) is 8.36. The van der Waals surface area contributed by atoms with Crippen LogP contribution in [0.4, 0.5) is 4.39 Å². The maximum Gasteiger partial charge on any atom is 0.149 e. The van der Waals surface area contributed by atoms with Crippen LogP contribution >= 0.6 is 0 Å². The van der Waals surface area contributed by atoms with Crippen molar-refractivity contribution in [2.75, 3.05) is 6.61 Å². The third kappa shape index (κ3) is 2.49. The molecule has 0 radical (unpaired) electrons. The van der Waals surface area contributed by atoms with Crippen molar-refractivity contribution in [2.45, 2.75) is 6.04 Å². The van der Waals surface area contributed by atoms with Crippen molar-refractivity contribution in [3.8, 4) is 11.1 Å². The van der Waals surface area contributed by atoms with Gasteiger partial charge >= 0.3 is 0 Å². The van der Waals surface area contributed by atoms with E-state index in [1.807, 2.05) is 0 Å². The Morgan fingerprint density at radius 2 is 1.94 bits per heavy atom. The average Bonchev–Trinajstić information content (AvgIpc) is 2.39. The van der Waals surface area contributed by atoms with E-state index in [-0.39, 0.29) is 12.4 Å². The standard InChI is InChI=1S/C13H13FN2O/c14-12-7-16-6-5-11(12)9-1-3-10(4-2-9)13(15)8-17/h1-7,13,17H,8,15H2/t13-/m0/s1. The zero-order valence-corrected chi connectivity index (χ0v) is 9.18. The molecule has 2 rings (SSSR count). The molecule has 0 unspecified atom stereocenters. The Balaban J connectivity index is 2.33. The van der Waals surface area contributed by atoms with Crippen molar-refractivity contribution in [2.24, 2.45) is 5.73 Å². The summed E-state index contributed by atoms with van der Waals surface area (Å²) in [7, 11) is 0. The molecule has 0 spiro atoms. The molecule has 0 amide bonds. The number of pyridine rings is 1. The smallest absolute Gasteiger partial charge is 0.149 e. The maximum absolute atomic E-state index is 13.5. The average molecular weight is 232 g/mol. The number of halogens is 1. The van der Waals surface area contributed by atoms with Crippen LogP contribution in [0.2, 0.25) is 0 Å². The van der Waals surface area contributed by atoms with Gasteiger partial charge < -0.3 is 10.8 Å². The van der Waals surface area contributed by atoms with Gasteiger partial charge in [-0.1, -0.05) is 24.3 Å². The number of rotatable bonds is 3. The van der Waals surface area contributed by atoms with Gasteiger partial charge in [0.25, 0.3) is 0 Å². The second-order valence-electron chi connectivity index (χ2n) is 3.77. The summed E-state index contributed by atoms with van der Waals surface area (Å²) in [5.41, 5.74) is 7.77. The van der Waals surface area contributed by atoms with Crippen LogP contribution in [-0.4, -0.2) is 16.7 Å². The summed E-state index contributed by atoms with van der Waals surface area (Å²) in [4.78, 5) is 3.70. The normalized spacial score (nSPS) is 12.4. The maximum atomic E-state index is 13.5. The van der Waals surface area contributed by atoms with Crippen LogP contribution in [0, 0.1) is 5.82 Å². The molecule has 0 bridgehead atoms. The van der Waals surface area contributed by atoms with Crippen LogP contribution in [0.5, 0.6) is 0 Å². The monoisotopic (exact) mass is 232 g/mol. The van der Waals surface area contributed by atoms with E-state index in [2.05, 4.69) is 4.98 Å². The second kappa shape index (κ2) is 5.03. The van der Waals surface area contributed by atoms with Gasteiger partial charge in [0, 0.05) is 11.8 Å². The lowest BCUT2D eigenvalue weighted by Crippen LogP contribution is -2.14. The molecule has 2 aromatic rings. The molecule has 17 heavy (non-hydrogen) atoms. The van der Waals surface area contributed by atoms with Crippen molar-refractivity contribution in [1.82, 2.24) is 4.98 Å². The van der Waals surface area contributed by atoms with Crippen molar-refractivity contribution >= 4 is 0 Å². The lowest BCUT2D eigenvalue weighted by atomic mass is 10.0. The molecule has 3 N–H and O–H groups in total. The number of hydrogen-bond acceptors (Lipinski definition) is 3. The summed E-state index contributed by atoms with van der Waals surface area (Å²) in [6.07, 6.45) is 2.73. The molecule has 0 saturated carbocycles. The van der Waals surface area contributed by atoms with Crippen LogP contribution in [0.1, 0.15) is 11.6 Å². The third-order valence-corrected chi connectivity index (χ3v) is 2.62. The number of nitrogens with zero attached hydrogens (tertiary/aromatic N) is 1. The largest absolute Gasteiger partial charge is 0.394 e. The fourth-order valence-corrected chi connectivity index (χ4v) is 1.62. The zero-order valence-electron chi connectivity index (χ0n) is 9.18. The van der Waals surface area contributed by atoms with Gasteiger partial charge in [-0.2, -0.15) is 0 Å². The van der Waals surface area contributed by atoms with E-state index in [9.17, 15) is 4.39 Å². The Morgan fingerprint density at radius 1 is 1.24 bits per heavy atom. The van der Waals surface area contributed by atoms with E-state index in [4.69, 9.17) is 10.8 Å². The third-order valence-electron chi connectivity index (χ3n) is 2.62. The van der Waals surface area contributed by atoms with E-state index < -0.39 is 6.04 Å². The topological polar surface area (TPSA) is 59.1 Å². The van der Waals surface area contributed by atoms with Crippen LogP contribution in [-0.2, 0) is 0 Å². The summed E-state index contributed by atoms with van der Waals surface area (Å²) in [6.45, 7) is -0.108. The molecule has 1 heterocycles. The first-order valence-electron chi connectivity index (χ1n) is 5.28. The summed E-state index contributed by atoms with van der Waals surface area (Å²) in [5.74, 6) is -0.355. The van der Waals surface area contributed by atoms with Crippen molar-refractivity contribution in [3.05, 3.63) is 54.1 Å². The molecule has 3 nitrogen and oxygen atoms in total. The quantitative estimate of drug-likeness (QED) is 0.849. The molecule has 0 fully saturated rings. The number of aliphatic hydroxyl groups is 1. The first-order chi connectivity index (χ1) is 8.22. The minimum absolute atomic E-state index is 0.108. The van der Waals surface area contributed by atoms with Gasteiger partial charge in [0.05, 0.1) is 18.8 Å². The molecule has 0 aliphatic carbocycles. The molecule has 1 aromatic heterocycles. The summed E-state index contributed by atoms with van der Waals surface area (Å²) >= 11 is 0. The Hall–Kier alpha value is -1.78. The van der Waals surface area contributed by atoms with Crippen LogP contribution in [0.15, 0.2) is 42.7 Å². The number of hydrogen-bond donors (Lipinski definition) is 2. The van der Waals surface area contributed by atoms with Crippen molar-refractivity contribution in [1.29, 1.82) is 0 Å². The first-order valence-corrected chi connectivity index (χ1v) is 5.28. The molecular weight excluding hydrogens is 219 g/mol. The molecule has 4 heteroatoms. The molecule has 1 atom stereocenters. The van der Waals surface area contributed by atoms with Gasteiger partial charge in [0.2, 0.25) is 0 Å². The fourth-order valence-electron chi connectivity index (χ4n) is 1.62. The number of aromatic nitrogens is 1. The Kier molecular flexibility index (Phi) is 3.46. The molecule has 0 saturated heterocycles. The highest BCUT2D eigenvalue weighted by Gasteiger charge is 2.07. The van der Waals surface area contributed by atoms with Gasteiger partial charge in [-0.15, -0.1) is 0 Å². The molecule has 0 aliphatic heterocycles. The summed E-state index contributed by atoms with van der Waals surface area (Å²) in [5, 5.41) is 8.93. The van der Waals surface area contributed by atoms with Gasteiger partial charge in [-0.3, -0.25) is 4.98 Å². The SMILES string of the molecule is N[C@@H](CO)c1ccc(-c2ccncc2F)cc1. The molecular formula is C13H13FN2O. The van der Waals surface area contributed by atoms with Gasteiger partial charge in [-0.05, 0) is 17.2 Å². The van der Waals surface area contributed by atoms with Crippen LogP contribution in [0.25, 0.3) is 11.1 Å².